The maximum Gasteiger partial charge on any atom is 0.251 e. The van der Waals surface area contributed by atoms with E-state index >= 15 is 0 Å². The molecule has 1 heterocycles. The van der Waals surface area contributed by atoms with Crippen molar-refractivity contribution < 1.29 is 9.53 Å². The average Bonchev–Trinajstić information content (AvgIpc) is 2.54. The maximum atomic E-state index is 12.2. The zero-order valence-corrected chi connectivity index (χ0v) is 12.3. The van der Waals surface area contributed by atoms with Gasteiger partial charge in [0, 0.05) is 24.6 Å². The molecule has 1 aromatic carbocycles. The fraction of sp³-hybridized carbons (Fsp3) is 0.500. The maximum absolute atomic E-state index is 12.2. The Balaban J connectivity index is 1.96. The minimum atomic E-state index is -0.103. The molecule has 112 valence electrons. The minimum absolute atomic E-state index is 0.0161. The molecular formula is C16H21N3O2. The van der Waals surface area contributed by atoms with E-state index in [4.69, 9.17) is 10.00 Å². The summed E-state index contributed by atoms with van der Waals surface area (Å²) in [6.07, 6.45) is 1.99. The first-order chi connectivity index (χ1) is 10.2. The molecule has 1 aliphatic heterocycles. The number of nitriles is 1. The van der Waals surface area contributed by atoms with Crippen molar-refractivity contribution >= 4 is 5.91 Å². The lowest BCUT2D eigenvalue weighted by atomic mass is 9.79. The predicted octanol–water partition coefficient (Wildman–Crippen LogP) is 1.30. The third kappa shape index (κ3) is 4.03. The van der Waals surface area contributed by atoms with Crippen LogP contribution in [0.2, 0.25) is 0 Å². The molecule has 0 unspecified atom stereocenters. The number of ether oxygens (including phenoxy) is 1. The third-order valence-corrected chi connectivity index (χ3v) is 4.01. The zero-order valence-electron chi connectivity index (χ0n) is 12.3. The van der Waals surface area contributed by atoms with Crippen molar-refractivity contribution in [2.24, 2.45) is 5.41 Å². The Bertz CT molecular complexity index is 508. The van der Waals surface area contributed by atoms with E-state index < -0.39 is 0 Å². The molecule has 0 radical (unpaired) electrons. The van der Waals surface area contributed by atoms with E-state index in [1.807, 2.05) is 6.07 Å². The summed E-state index contributed by atoms with van der Waals surface area (Å²) in [6, 6.07) is 8.72. The third-order valence-electron chi connectivity index (χ3n) is 4.01. The van der Waals surface area contributed by atoms with Crippen LogP contribution >= 0.6 is 0 Å². The topological polar surface area (TPSA) is 74.1 Å². The van der Waals surface area contributed by atoms with Crippen molar-refractivity contribution in [1.82, 2.24) is 10.6 Å². The van der Waals surface area contributed by atoms with E-state index in [1.54, 1.807) is 31.4 Å². The number of methoxy groups -OCH3 is 1. The monoisotopic (exact) mass is 287 g/mol. The molecule has 5 nitrogen and oxygen atoms in total. The number of nitrogens with zero attached hydrogens (tertiary/aromatic N) is 1. The molecule has 2 rings (SSSR count). The minimum Gasteiger partial charge on any atom is -0.384 e. The fourth-order valence-electron chi connectivity index (χ4n) is 2.70. The highest BCUT2D eigenvalue weighted by Crippen LogP contribution is 2.28. The first-order valence-electron chi connectivity index (χ1n) is 7.17. The van der Waals surface area contributed by atoms with Crippen LogP contribution < -0.4 is 10.6 Å². The van der Waals surface area contributed by atoms with Crippen molar-refractivity contribution in [3.05, 3.63) is 35.4 Å². The van der Waals surface area contributed by atoms with E-state index in [1.165, 1.54) is 0 Å². The van der Waals surface area contributed by atoms with Crippen LogP contribution in [0.5, 0.6) is 0 Å². The van der Waals surface area contributed by atoms with Crippen molar-refractivity contribution in [2.75, 3.05) is 33.4 Å². The lowest BCUT2D eigenvalue weighted by molar-refractivity contribution is 0.0512. The van der Waals surface area contributed by atoms with Gasteiger partial charge in [0.1, 0.15) is 0 Å². The summed E-state index contributed by atoms with van der Waals surface area (Å²) >= 11 is 0. The summed E-state index contributed by atoms with van der Waals surface area (Å²) in [5.74, 6) is -0.103. The smallest absolute Gasteiger partial charge is 0.251 e. The van der Waals surface area contributed by atoms with Gasteiger partial charge in [-0.25, -0.2) is 0 Å². The Hall–Kier alpha value is -1.90. The van der Waals surface area contributed by atoms with Crippen LogP contribution in [0.15, 0.2) is 24.3 Å². The van der Waals surface area contributed by atoms with Crippen molar-refractivity contribution in [3.63, 3.8) is 0 Å². The van der Waals surface area contributed by atoms with Crippen molar-refractivity contribution in [2.45, 2.75) is 12.8 Å². The number of piperidine rings is 1. The highest BCUT2D eigenvalue weighted by molar-refractivity contribution is 5.94. The van der Waals surface area contributed by atoms with Gasteiger partial charge in [0.05, 0.1) is 18.2 Å². The second kappa shape index (κ2) is 7.21. The molecule has 0 saturated carbocycles. The molecule has 1 aromatic rings. The predicted molar refractivity (Wildman–Crippen MR) is 79.9 cm³/mol. The van der Waals surface area contributed by atoms with Crippen LogP contribution in [-0.4, -0.2) is 39.3 Å². The van der Waals surface area contributed by atoms with Crippen LogP contribution in [0, 0.1) is 16.7 Å². The number of hydrogen-bond donors (Lipinski definition) is 2. The lowest BCUT2D eigenvalue weighted by Gasteiger charge is -2.37. The first-order valence-corrected chi connectivity index (χ1v) is 7.17. The summed E-state index contributed by atoms with van der Waals surface area (Å²) in [7, 11) is 1.70. The largest absolute Gasteiger partial charge is 0.384 e. The van der Waals surface area contributed by atoms with Gasteiger partial charge in [0.15, 0.2) is 0 Å². The molecule has 1 fully saturated rings. The Labute approximate surface area is 125 Å². The van der Waals surface area contributed by atoms with E-state index in [9.17, 15) is 4.79 Å². The number of amides is 1. The summed E-state index contributed by atoms with van der Waals surface area (Å²) in [4.78, 5) is 12.2. The summed E-state index contributed by atoms with van der Waals surface area (Å²) in [6.45, 7) is 3.18. The van der Waals surface area contributed by atoms with Crippen LogP contribution in [0.4, 0.5) is 0 Å². The first kappa shape index (κ1) is 15.5. The molecule has 0 bridgehead atoms. The molecule has 5 heteroatoms. The van der Waals surface area contributed by atoms with Crippen molar-refractivity contribution in [1.29, 1.82) is 5.26 Å². The molecule has 1 amide bonds. The van der Waals surface area contributed by atoms with E-state index in [0.717, 1.165) is 25.9 Å². The van der Waals surface area contributed by atoms with Crippen molar-refractivity contribution in [3.8, 4) is 6.07 Å². The number of rotatable bonds is 5. The quantitative estimate of drug-likeness (QED) is 0.856. The number of carbonyl (C=O) groups is 1. The summed E-state index contributed by atoms with van der Waals surface area (Å²) < 4.78 is 5.34. The molecule has 0 aliphatic carbocycles. The van der Waals surface area contributed by atoms with E-state index in [-0.39, 0.29) is 11.3 Å². The normalized spacial score (nSPS) is 17.0. The van der Waals surface area contributed by atoms with Gasteiger partial charge >= 0.3 is 0 Å². The number of hydrogen-bond acceptors (Lipinski definition) is 4. The molecule has 1 saturated heterocycles. The van der Waals surface area contributed by atoms with E-state index in [0.29, 0.717) is 24.3 Å². The second-order valence-electron chi connectivity index (χ2n) is 5.55. The van der Waals surface area contributed by atoms with Gasteiger partial charge in [-0.15, -0.1) is 0 Å². The van der Waals surface area contributed by atoms with Gasteiger partial charge in [0.25, 0.3) is 5.91 Å². The number of benzene rings is 1. The van der Waals surface area contributed by atoms with Gasteiger partial charge in [0.2, 0.25) is 0 Å². The molecule has 0 aromatic heterocycles. The van der Waals surface area contributed by atoms with Gasteiger partial charge in [-0.3, -0.25) is 4.79 Å². The summed E-state index contributed by atoms with van der Waals surface area (Å²) in [5, 5.41) is 15.1. The van der Waals surface area contributed by atoms with Gasteiger partial charge < -0.3 is 15.4 Å². The van der Waals surface area contributed by atoms with Gasteiger partial charge in [-0.1, -0.05) is 0 Å². The second-order valence-corrected chi connectivity index (χ2v) is 5.55. The summed E-state index contributed by atoms with van der Waals surface area (Å²) in [5.41, 5.74) is 1.15. The molecule has 21 heavy (non-hydrogen) atoms. The molecular weight excluding hydrogens is 266 g/mol. The molecule has 0 spiro atoms. The molecule has 1 aliphatic rings. The Morgan fingerprint density at radius 1 is 1.38 bits per heavy atom. The Morgan fingerprint density at radius 2 is 2.05 bits per heavy atom. The average molecular weight is 287 g/mol. The van der Waals surface area contributed by atoms with Crippen LogP contribution in [-0.2, 0) is 4.74 Å². The molecule has 2 N–H and O–H groups in total. The van der Waals surface area contributed by atoms with Gasteiger partial charge in [-0.05, 0) is 50.2 Å². The Kier molecular flexibility index (Phi) is 5.32. The number of nitrogens with one attached hydrogen (secondary N) is 2. The highest BCUT2D eigenvalue weighted by Gasteiger charge is 2.32. The number of carbonyl (C=O) groups excluding carboxylic acids is 1. The Morgan fingerprint density at radius 3 is 2.62 bits per heavy atom. The fourth-order valence-corrected chi connectivity index (χ4v) is 2.70. The lowest BCUT2D eigenvalue weighted by Crippen LogP contribution is -2.47. The zero-order chi connectivity index (χ0) is 15.1. The van der Waals surface area contributed by atoms with Crippen LogP contribution in [0.25, 0.3) is 0 Å². The van der Waals surface area contributed by atoms with Gasteiger partial charge in [-0.2, -0.15) is 5.26 Å². The molecule has 0 atom stereocenters. The standard InChI is InChI=1S/C16H21N3O2/c1-21-12-16(6-8-18-9-7-16)11-19-15(20)14-4-2-13(10-17)3-5-14/h2-5,18H,6-9,11-12H2,1H3,(H,19,20). The van der Waals surface area contributed by atoms with Crippen LogP contribution in [0.3, 0.4) is 0 Å². The SMILES string of the molecule is COCC1(CNC(=O)c2ccc(C#N)cc2)CCNCC1. The van der Waals surface area contributed by atoms with E-state index in [2.05, 4.69) is 10.6 Å². The van der Waals surface area contributed by atoms with Crippen LogP contribution in [0.1, 0.15) is 28.8 Å². The highest BCUT2D eigenvalue weighted by atomic mass is 16.5.